The molecule has 1 aliphatic heterocycles. The number of carbonyl (C=O) groups is 2. The Kier molecular flexibility index (Phi) is 7.62. The smallest absolute Gasteiger partial charge is 0.361 e. The van der Waals surface area contributed by atoms with E-state index in [4.69, 9.17) is 14.6 Å². The number of hydrogen-bond donors (Lipinski definition) is 6. The monoisotopic (exact) mass is 418 g/mol. The number of aliphatic hydroxyl groups excluding tert-OH is 5. The largest absolute Gasteiger partial charge is 0.465 e. The summed E-state index contributed by atoms with van der Waals surface area (Å²) in [5.74, 6) is -1.53. The van der Waals surface area contributed by atoms with Crippen molar-refractivity contribution in [3.05, 3.63) is 11.9 Å². The van der Waals surface area contributed by atoms with Gasteiger partial charge in [-0.15, -0.1) is 5.10 Å². The number of ether oxygens (including phenoxy) is 2. The topological polar surface area (TPSA) is 196 Å². The van der Waals surface area contributed by atoms with Gasteiger partial charge in [0.2, 0.25) is 5.91 Å². The van der Waals surface area contributed by atoms with Crippen molar-refractivity contribution in [1.82, 2.24) is 20.3 Å². The van der Waals surface area contributed by atoms with Crippen LogP contribution in [-0.4, -0.2) is 103 Å². The molecule has 2 rings (SSSR count). The molecular weight excluding hydrogens is 392 g/mol. The number of aromatic nitrogens is 3. The second-order valence-electron chi connectivity index (χ2n) is 6.72. The van der Waals surface area contributed by atoms with Gasteiger partial charge in [-0.2, -0.15) is 0 Å². The lowest BCUT2D eigenvalue weighted by molar-refractivity contribution is -0.260. The lowest BCUT2D eigenvalue weighted by atomic mass is 9.87. The maximum atomic E-state index is 12.7. The zero-order valence-electron chi connectivity index (χ0n) is 16.0. The van der Waals surface area contributed by atoms with E-state index in [1.807, 2.05) is 0 Å². The number of hydrogen-bond acceptors (Lipinski definition) is 11. The molecule has 13 nitrogen and oxygen atoms in total. The summed E-state index contributed by atoms with van der Waals surface area (Å²) in [6, 6.07) is -1.21. The second-order valence-corrected chi connectivity index (χ2v) is 6.72. The van der Waals surface area contributed by atoms with E-state index in [2.05, 4.69) is 15.6 Å². The Labute approximate surface area is 165 Å². The highest BCUT2D eigenvalue weighted by Gasteiger charge is 2.57. The van der Waals surface area contributed by atoms with Crippen LogP contribution in [0.2, 0.25) is 0 Å². The van der Waals surface area contributed by atoms with Crippen molar-refractivity contribution in [2.75, 3.05) is 20.3 Å². The highest BCUT2D eigenvalue weighted by atomic mass is 16.6. The fraction of sp³-hybridized carbons (Fsp3) is 0.750. The molecule has 1 aromatic rings. The standard InChI is InChI=1S/C16H26N4O9/c1-8(23)17-12-10(24)5-16(15(27)28-2,20-6-9(3-4-21)18-19-20)29-14(12)13(26)11(25)7-22/h6,10-14,21-22,24-26H,3-5,7H2,1-2H3,(H,17,23)/t10-,11+,12+,13+,14+,16+/m0/s1. The van der Waals surface area contributed by atoms with Crippen LogP contribution in [0.15, 0.2) is 6.20 Å². The molecule has 164 valence electrons. The van der Waals surface area contributed by atoms with Crippen molar-refractivity contribution >= 4 is 11.9 Å². The molecule has 0 aromatic carbocycles. The van der Waals surface area contributed by atoms with Crippen LogP contribution in [0.5, 0.6) is 0 Å². The number of carbonyl (C=O) groups excluding carboxylic acids is 2. The van der Waals surface area contributed by atoms with Crippen LogP contribution in [0.3, 0.4) is 0 Å². The molecule has 6 atom stereocenters. The molecule has 2 heterocycles. The summed E-state index contributed by atoms with van der Waals surface area (Å²) in [6.07, 6.45) is -5.38. The van der Waals surface area contributed by atoms with Crippen LogP contribution >= 0.6 is 0 Å². The SMILES string of the molecule is COC(=O)[C@@]1(n2cc(CCO)nn2)C[C@H](O)[C@@H](NC(C)=O)[C@H]([C@H](O)[C@H](O)CO)O1. The molecule has 0 bridgehead atoms. The third kappa shape index (κ3) is 4.71. The molecule has 13 heteroatoms. The summed E-state index contributed by atoms with van der Waals surface area (Å²) in [5.41, 5.74) is -1.75. The average Bonchev–Trinajstić information content (AvgIpc) is 3.16. The van der Waals surface area contributed by atoms with E-state index in [-0.39, 0.29) is 13.0 Å². The first kappa shape index (κ1) is 23.1. The van der Waals surface area contributed by atoms with Gasteiger partial charge in [0.1, 0.15) is 18.3 Å². The molecule has 1 saturated heterocycles. The van der Waals surface area contributed by atoms with Gasteiger partial charge in [0.25, 0.3) is 5.72 Å². The molecule has 6 N–H and O–H groups in total. The molecule has 1 amide bonds. The number of aliphatic hydroxyl groups is 5. The Morgan fingerprint density at radius 1 is 1.45 bits per heavy atom. The Bertz CT molecular complexity index is 714. The molecule has 0 aliphatic carbocycles. The van der Waals surface area contributed by atoms with E-state index in [0.717, 1.165) is 11.8 Å². The van der Waals surface area contributed by atoms with Crippen LogP contribution in [0.25, 0.3) is 0 Å². The molecular formula is C16H26N4O9. The molecule has 29 heavy (non-hydrogen) atoms. The van der Waals surface area contributed by atoms with Crippen molar-refractivity contribution in [2.45, 2.75) is 55.9 Å². The van der Waals surface area contributed by atoms with Gasteiger partial charge in [-0.05, 0) is 0 Å². The lowest BCUT2D eigenvalue weighted by Crippen LogP contribution is -2.67. The van der Waals surface area contributed by atoms with Gasteiger partial charge in [0.05, 0.1) is 37.8 Å². The summed E-state index contributed by atoms with van der Waals surface area (Å²) in [4.78, 5) is 24.2. The molecule has 0 unspecified atom stereocenters. The van der Waals surface area contributed by atoms with Gasteiger partial charge in [-0.1, -0.05) is 5.21 Å². The molecule has 0 radical (unpaired) electrons. The van der Waals surface area contributed by atoms with Crippen molar-refractivity contribution in [3.8, 4) is 0 Å². The first-order chi connectivity index (χ1) is 13.7. The van der Waals surface area contributed by atoms with Crippen molar-refractivity contribution < 1.29 is 44.6 Å². The van der Waals surface area contributed by atoms with Gasteiger partial charge in [-0.3, -0.25) is 4.79 Å². The minimum absolute atomic E-state index is 0.142. The number of amides is 1. The number of nitrogens with one attached hydrogen (secondary N) is 1. The van der Waals surface area contributed by atoms with Crippen LogP contribution in [0, 0.1) is 0 Å². The first-order valence-electron chi connectivity index (χ1n) is 8.91. The van der Waals surface area contributed by atoms with Gasteiger partial charge >= 0.3 is 5.97 Å². The Morgan fingerprint density at radius 2 is 2.14 bits per heavy atom. The highest BCUT2D eigenvalue weighted by molar-refractivity contribution is 5.77. The quantitative estimate of drug-likeness (QED) is 0.225. The molecule has 0 saturated carbocycles. The fourth-order valence-corrected chi connectivity index (χ4v) is 3.23. The van der Waals surface area contributed by atoms with Crippen LogP contribution in [0.1, 0.15) is 19.0 Å². The molecule has 0 spiro atoms. The van der Waals surface area contributed by atoms with E-state index in [1.54, 1.807) is 0 Å². The number of esters is 1. The average molecular weight is 418 g/mol. The Morgan fingerprint density at radius 3 is 2.69 bits per heavy atom. The highest BCUT2D eigenvalue weighted by Crippen LogP contribution is 2.36. The Hall–Kier alpha value is -2.16. The number of nitrogens with zero attached hydrogens (tertiary/aromatic N) is 3. The third-order valence-electron chi connectivity index (χ3n) is 4.66. The maximum absolute atomic E-state index is 12.7. The Balaban J connectivity index is 2.51. The minimum Gasteiger partial charge on any atom is -0.465 e. The zero-order chi connectivity index (χ0) is 21.8. The molecule has 1 aromatic heterocycles. The predicted octanol–water partition coefficient (Wildman–Crippen LogP) is -3.99. The van der Waals surface area contributed by atoms with E-state index in [1.165, 1.54) is 13.1 Å². The second kappa shape index (κ2) is 9.56. The van der Waals surface area contributed by atoms with Crippen molar-refractivity contribution in [1.29, 1.82) is 0 Å². The lowest BCUT2D eigenvalue weighted by Gasteiger charge is -2.47. The van der Waals surface area contributed by atoms with Crippen molar-refractivity contribution in [2.24, 2.45) is 0 Å². The van der Waals surface area contributed by atoms with E-state index < -0.39 is 61.1 Å². The van der Waals surface area contributed by atoms with Gasteiger partial charge in [0.15, 0.2) is 0 Å². The van der Waals surface area contributed by atoms with E-state index in [9.17, 15) is 30.0 Å². The van der Waals surface area contributed by atoms with E-state index in [0.29, 0.717) is 5.69 Å². The number of rotatable bonds is 8. The predicted molar refractivity (Wildman–Crippen MR) is 93.0 cm³/mol. The third-order valence-corrected chi connectivity index (χ3v) is 4.66. The van der Waals surface area contributed by atoms with Crippen LogP contribution in [0.4, 0.5) is 0 Å². The van der Waals surface area contributed by atoms with Gasteiger partial charge < -0.3 is 40.3 Å². The number of methoxy groups -OCH3 is 1. The normalized spacial score (nSPS) is 29.1. The summed E-state index contributed by atoms with van der Waals surface area (Å²) >= 11 is 0. The first-order valence-corrected chi connectivity index (χ1v) is 8.91. The molecule has 1 aliphatic rings. The summed E-state index contributed by atoms with van der Waals surface area (Å²) < 4.78 is 11.6. The summed E-state index contributed by atoms with van der Waals surface area (Å²) in [7, 11) is 1.08. The fourth-order valence-electron chi connectivity index (χ4n) is 3.23. The summed E-state index contributed by atoms with van der Waals surface area (Å²) in [6.45, 7) is 0.126. The maximum Gasteiger partial charge on any atom is 0.361 e. The molecule has 1 fully saturated rings. The summed E-state index contributed by atoms with van der Waals surface area (Å²) in [5, 5.41) is 59.3. The van der Waals surface area contributed by atoms with Gasteiger partial charge in [-0.25, -0.2) is 9.48 Å². The van der Waals surface area contributed by atoms with Crippen molar-refractivity contribution in [3.63, 3.8) is 0 Å². The van der Waals surface area contributed by atoms with Gasteiger partial charge in [0, 0.05) is 26.4 Å². The van der Waals surface area contributed by atoms with E-state index >= 15 is 0 Å². The zero-order valence-corrected chi connectivity index (χ0v) is 16.0. The van der Waals surface area contributed by atoms with Crippen LogP contribution in [-0.2, 0) is 31.2 Å². The van der Waals surface area contributed by atoms with Crippen LogP contribution < -0.4 is 5.32 Å². The minimum atomic E-state index is -2.08.